The van der Waals surface area contributed by atoms with Crippen molar-refractivity contribution in [3.05, 3.63) is 48.3 Å². The molecule has 0 saturated carbocycles. The summed E-state index contributed by atoms with van der Waals surface area (Å²) >= 11 is 0. The van der Waals surface area contributed by atoms with Crippen LogP contribution in [0.25, 0.3) is 0 Å². The van der Waals surface area contributed by atoms with Crippen molar-refractivity contribution >= 4 is 21.4 Å². The van der Waals surface area contributed by atoms with E-state index in [0.717, 1.165) is 5.56 Å². The van der Waals surface area contributed by atoms with Crippen LogP contribution in [-0.4, -0.2) is 24.3 Å². The monoisotopic (exact) mass is 293 g/mol. The first-order valence-corrected chi connectivity index (χ1v) is 7.59. The van der Waals surface area contributed by atoms with Gasteiger partial charge in [-0.1, -0.05) is 0 Å². The Morgan fingerprint density at radius 3 is 2.55 bits per heavy atom. The summed E-state index contributed by atoms with van der Waals surface area (Å²) in [5.74, 6) is -0.0700. The van der Waals surface area contributed by atoms with Crippen LogP contribution in [0, 0.1) is 0 Å². The van der Waals surface area contributed by atoms with Gasteiger partial charge in [0.15, 0.2) is 0 Å². The van der Waals surface area contributed by atoms with Crippen molar-refractivity contribution < 1.29 is 13.5 Å². The Balaban J connectivity index is 2.04. The highest BCUT2D eigenvalue weighted by molar-refractivity contribution is 7.92. The highest BCUT2D eigenvalue weighted by Gasteiger charge is 2.12. The van der Waals surface area contributed by atoms with E-state index in [-0.39, 0.29) is 22.9 Å². The molecule has 7 heteroatoms. The number of rotatable bonds is 5. The molecule has 2 aromatic rings. The highest BCUT2D eigenvalue weighted by Crippen LogP contribution is 2.24. The number of aryl methyl sites for hydroxylation is 1. The summed E-state index contributed by atoms with van der Waals surface area (Å²) in [6.07, 6.45) is 3.62. The van der Waals surface area contributed by atoms with Crippen molar-refractivity contribution in [1.82, 2.24) is 4.98 Å². The Hall–Kier alpha value is -2.28. The molecule has 2 rings (SSSR count). The maximum absolute atomic E-state index is 12.0. The van der Waals surface area contributed by atoms with Gasteiger partial charge in [-0.3, -0.25) is 9.71 Å². The number of nitrogen functional groups attached to an aromatic ring is 1. The molecule has 0 aliphatic rings. The SMILES string of the molecule is Nc1cc(O)ccc1NS(=O)(=O)CCc1ccncc1. The second-order valence-electron chi connectivity index (χ2n) is 4.30. The number of benzene rings is 1. The Kier molecular flexibility index (Phi) is 4.09. The van der Waals surface area contributed by atoms with Gasteiger partial charge < -0.3 is 10.8 Å². The lowest BCUT2D eigenvalue weighted by atomic mass is 10.2. The average molecular weight is 293 g/mol. The topological polar surface area (TPSA) is 105 Å². The number of aromatic hydroxyl groups is 1. The van der Waals surface area contributed by atoms with E-state index >= 15 is 0 Å². The van der Waals surface area contributed by atoms with Crippen molar-refractivity contribution in [2.75, 3.05) is 16.2 Å². The minimum absolute atomic E-state index is 0.0118. The lowest BCUT2D eigenvalue weighted by Crippen LogP contribution is -2.19. The lowest BCUT2D eigenvalue weighted by Gasteiger charge is -2.10. The Morgan fingerprint density at radius 2 is 1.90 bits per heavy atom. The fraction of sp³-hybridized carbons (Fsp3) is 0.154. The van der Waals surface area contributed by atoms with Gasteiger partial charge in [0, 0.05) is 18.5 Å². The molecular weight excluding hydrogens is 278 g/mol. The van der Waals surface area contributed by atoms with Crippen LogP contribution in [-0.2, 0) is 16.4 Å². The predicted octanol–water partition coefficient (Wildman–Crippen LogP) is 1.35. The van der Waals surface area contributed by atoms with Gasteiger partial charge in [0.2, 0.25) is 10.0 Å². The summed E-state index contributed by atoms with van der Waals surface area (Å²) in [6, 6.07) is 7.63. The normalized spacial score (nSPS) is 11.2. The summed E-state index contributed by atoms with van der Waals surface area (Å²) < 4.78 is 26.3. The summed E-state index contributed by atoms with van der Waals surface area (Å²) in [5.41, 5.74) is 6.97. The van der Waals surface area contributed by atoms with E-state index in [9.17, 15) is 13.5 Å². The number of nitrogens with zero attached hydrogens (tertiary/aromatic N) is 1. The van der Waals surface area contributed by atoms with E-state index in [0.29, 0.717) is 6.42 Å². The molecule has 0 spiro atoms. The van der Waals surface area contributed by atoms with Crippen molar-refractivity contribution in [3.8, 4) is 5.75 Å². The molecule has 106 valence electrons. The van der Waals surface area contributed by atoms with Crippen LogP contribution in [0.5, 0.6) is 5.75 Å². The molecular formula is C13H15N3O3S. The number of hydrogen-bond donors (Lipinski definition) is 3. The van der Waals surface area contributed by atoms with Crippen LogP contribution in [0.15, 0.2) is 42.7 Å². The molecule has 0 unspecified atom stereocenters. The molecule has 0 saturated heterocycles. The zero-order valence-corrected chi connectivity index (χ0v) is 11.5. The summed E-state index contributed by atoms with van der Waals surface area (Å²) in [5, 5.41) is 9.22. The van der Waals surface area contributed by atoms with Crippen molar-refractivity contribution in [2.24, 2.45) is 0 Å². The first-order chi connectivity index (χ1) is 9.46. The molecule has 6 nitrogen and oxygen atoms in total. The third kappa shape index (κ3) is 3.86. The first-order valence-electron chi connectivity index (χ1n) is 5.94. The van der Waals surface area contributed by atoms with Gasteiger partial charge in [-0.2, -0.15) is 0 Å². The molecule has 0 radical (unpaired) electrons. The molecule has 1 aromatic carbocycles. The molecule has 1 heterocycles. The van der Waals surface area contributed by atoms with Crippen molar-refractivity contribution in [1.29, 1.82) is 0 Å². The number of aromatic nitrogens is 1. The van der Waals surface area contributed by atoms with E-state index < -0.39 is 10.0 Å². The van der Waals surface area contributed by atoms with E-state index in [1.807, 2.05) is 0 Å². The highest BCUT2D eigenvalue weighted by atomic mass is 32.2. The quantitative estimate of drug-likeness (QED) is 0.570. The van der Waals surface area contributed by atoms with E-state index in [4.69, 9.17) is 5.73 Å². The molecule has 4 N–H and O–H groups in total. The maximum Gasteiger partial charge on any atom is 0.233 e. The number of sulfonamides is 1. The number of nitrogens with two attached hydrogens (primary N) is 1. The Bertz CT molecular complexity index is 687. The number of phenols is 1. The zero-order valence-electron chi connectivity index (χ0n) is 10.7. The fourth-order valence-corrected chi connectivity index (χ4v) is 2.79. The minimum atomic E-state index is -3.50. The van der Waals surface area contributed by atoms with Gasteiger partial charge in [-0.05, 0) is 36.2 Å². The predicted molar refractivity (Wildman–Crippen MR) is 77.9 cm³/mol. The van der Waals surface area contributed by atoms with Crippen LogP contribution in [0.1, 0.15) is 5.56 Å². The largest absolute Gasteiger partial charge is 0.508 e. The summed E-state index contributed by atoms with van der Waals surface area (Å²) in [4.78, 5) is 3.87. The number of anilines is 2. The van der Waals surface area contributed by atoms with Crippen LogP contribution >= 0.6 is 0 Å². The third-order valence-electron chi connectivity index (χ3n) is 2.71. The molecule has 0 aliphatic carbocycles. The standard InChI is InChI=1S/C13H15N3O3S/c14-12-9-11(17)1-2-13(12)16-20(18,19)8-5-10-3-6-15-7-4-10/h1-4,6-7,9,16-17H,5,8,14H2. The maximum atomic E-state index is 12.0. The average Bonchev–Trinajstić information content (AvgIpc) is 2.41. The smallest absolute Gasteiger partial charge is 0.233 e. The molecule has 0 aliphatic heterocycles. The molecule has 0 fully saturated rings. The van der Waals surface area contributed by atoms with E-state index in [1.54, 1.807) is 24.5 Å². The van der Waals surface area contributed by atoms with Crippen LogP contribution < -0.4 is 10.5 Å². The second-order valence-corrected chi connectivity index (χ2v) is 6.14. The molecule has 0 bridgehead atoms. The van der Waals surface area contributed by atoms with Crippen molar-refractivity contribution in [2.45, 2.75) is 6.42 Å². The summed E-state index contributed by atoms with van der Waals surface area (Å²) in [6.45, 7) is 0. The van der Waals surface area contributed by atoms with E-state index in [1.165, 1.54) is 18.2 Å². The molecule has 0 atom stereocenters. The first kappa shape index (κ1) is 14.1. The van der Waals surface area contributed by atoms with Gasteiger partial charge in [0.1, 0.15) is 5.75 Å². The van der Waals surface area contributed by atoms with Crippen LogP contribution in [0.3, 0.4) is 0 Å². The van der Waals surface area contributed by atoms with E-state index in [2.05, 4.69) is 9.71 Å². The van der Waals surface area contributed by atoms with Crippen LogP contribution in [0.4, 0.5) is 11.4 Å². The van der Waals surface area contributed by atoms with Gasteiger partial charge in [-0.15, -0.1) is 0 Å². The Labute approximate surface area is 117 Å². The molecule has 20 heavy (non-hydrogen) atoms. The minimum Gasteiger partial charge on any atom is -0.508 e. The molecule has 0 amide bonds. The van der Waals surface area contributed by atoms with Gasteiger partial charge in [-0.25, -0.2) is 8.42 Å². The lowest BCUT2D eigenvalue weighted by molar-refractivity contribution is 0.475. The fourth-order valence-electron chi connectivity index (χ4n) is 1.66. The number of nitrogens with one attached hydrogen (secondary N) is 1. The van der Waals surface area contributed by atoms with Gasteiger partial charge >= 0.3 is 0 Å². The second kappa shape index (κ2) is 5.79. The van der Waals surface area contributed by atoms with Gasteiger partial charge in [0.25, 0.3) is 0 Å². The third-order valence-corrected chi connectivity index (χ3v) is 3.98. The van der Waals surface area contributed by atoms with Gasteiger partial charge in [0.05, 0.1) is 17.1 Å². The van der Waals surface area contributed by atoms with Crippen LogP contribution in [0.2, 0.25) is 0 Å². The Morgan fingerprint density at radius 1 is 1.20 bits per heavy atom. The van der Waals surface area contributed by atoms with Crippen molar-refractivity contribution in [3.63, 3.8) is 0 Å². The summed E-state index contributed by atoms with van der Waals surface area (Å²) in [7, 11) is -3.50. The zero-order chi connectivity index (χ0) is 14.6. The number of phenolic OH excluding ortho intramolecular Hbond substituents is 1. The molecule has 1 aromatic heterocycles. The number of pyridine rings is 1. The number of hydrogen-bond acceptors (Lipinski definition) is 5.